The number of sulfonamides is 1. The Bertz CT molecular complexity index is 1030. The van der Waals surface area contributed by atoms with Crippen LogP contribution in [0.15, 0.2) is 24.3 Å². The number of hydrogen-bond donors (Lipinski definition) is 1. The Hall–Kier alpha value is -1.87. The lowest BCUT2D eigenvalue weighted by Crippen LogP contribution is -2.30. The van der Waals surface area contributed by atoms with Crippen molar-refractivity contribution in [2.45, 2.75) is 39.2 Å². The average molecular weight is 445 g/mol. The van der Waals surface area contributed by atoms with Crippen molar-refractivity contribution >= 4 is 24.2 Å². The average Bonchev–Trinajstić information content (AvgIpc) is 2.58. The van der Waals surface area contributed by atoms with Gasteiger partial charge < -0.3 is 4.89 Å². The van der Waals surface area contributed by atoms with E-state index in [4.69, 9.17) is 4.52 Å². The van der Waals surface area contributed by atoms with Gasteiger partial charge in [0.15, 0.2) is 0 Å². The van der Waals surface area contributed by atoms with E-state index in [1.165, 1.54) is 31.3 Å². The topological polar surface area (TPSA) is 110 Å². The Labute approximate surface area is 170 Å². The first-order chi connectivity index (χ1) is 13.2. The molecule has 11 heteroatoms. The molecule has 2 rings (SSSR count). The van der Waals surface area contributed by atoms with Gasteiger partial charge in [0.05, 0.1) is 17.6 Å². The molecule has 29 heavy (non-hydrogen) atoms. The van der Waals surface area contributed by atoms with Crippen molar-refractivity contribution in [2.75, 3.05) is 17.6 Å². The summed E-state index contributed by atoms with van der Waals surface area (Å²) in [7, 11) is -5.61. The number of hydrogen-bond acceptors (Lipinski definition) is 6. The van der Waals surface area contributed by atoms with Crippen molar-refractivity contribution in [3.05, 3.63) is 41.3 Å². The fourth-order valence-corrected chi connectivity index (χ4v) is 3.77. The summed E-state index contributed by atoms with van der Waals surface area (Å²) in [6.45, 7) is 6.90. The molecule has 1 N–H and O–H groups in total. The van der Waals surface area contributed by atoms with Crippen LogP contribution in [0.2, 0.25) is 0 Å². The van der Waals surface area contributed by atoms with Crippen molar-refractivity contribution in [2.24, 2.45) is 0 Å². The molecule has 2 aromatic rings. The van der Waals surface area contributed by atoms with Crippen LogP contribution in [-0.2, 0) is 24.7 Å². The molecule has 0 fully saturated rings. The molecular formula is C18H25FN3O5PS. The van der Waals surface area contributed by atoms with E-state index in [2.05, 4.69) is 9.97 Å². The SMILES string of the molecule is CC(C)c1nc(N(C)S(C)(=O)=O)nc(-c2ccc(F)cc2)c1C(C)(C)O[PH](=O)O. The molecule has 0 saturated heterocycles. The molecule has 0 aliphatic heterocycles. The molecule has 0 bridgehead atoms. The summed E-state index contributed by atoms with van der Waals surface area (Å²) in [5, 5.41) is 0. The van der Waals surface area contributed by atoms with Crippen LogP contribution in [0.1, 0.15) is 44.9 Å². The molecule has 0 aliphatic carbocycles. The highest BCUT2D eigenvalue weighted by Gasteiger charge is 2.34. The van der Waals surface area contributed by atoms with Crippen LogP contribution < -0.4 is 4.31 Å². The van der Waals surface area contributed by atoms with Gasteiger partial charge in [-0.25, -0.2) is 27.1 Å². The Morgan fingerprint density at radius 2 is 1.76 bits per heavy atom. The molecule has 0 aliphatic rings. The lowest BCUT2D eigenvalue weighted by atomic mass is 9.88. The van der Waals surface area contributed by atoms with Crippen molar-refractivity contribution in [1.82, 2.24) is 9.97 Å². The van der Waals surface area contributed by atoms with Crippen LogP contribution in [0.3, 0.4) is 0 Å². The maximum Gasteiger partial charge on any atom is 0.317 e. The summed E-state index contributed by atoms with van der Waals surface area (Å²) in [6.07, 6.45) is 1.03. The van der Waals surface area contributed by atoms with Gasteiger partial charge in [0.25, 0.3) is 0 Å². The van der Waals surface area contributed by atoms with E-state index < -0.39 is 29.7 Å². The van der Waals surface area contributed by atoms with Gasteiger partial charge in [0.1, 0.15) is 11.4 Å². The zero-order valence-electron chi connectivity index (χ0n) is 17.1. The smallest absolute Gasteiger partial charge is 0.317 e. The van der Waals surface area contributed by atoms with E-state index >= 15 is 0 Å². The van der Waals surface area contributed by atoms with Gasteiger partial charge in [-0.3, -0.25) is 9.09 Å². The molecule has 8 nitrogen and oxygen atoms in total. The van der Waals surface area contributed by atoms with Crippen LogP contribution in [-0.4, -0.2) is 36.6 Å². The van der Waals surface area contributed by atoms with E-state index in [1.54, 1.807) is 13.8 Å². The van der Waals surface area contributed by atoms with Crippen LogP contribution in [0.4, 0.5) is 10.3 Å². The maximum atomic E-state index is 13.5. The highest BCUT2D eigenvalue weighted by molar-refractivity contribution is 7.92. The van der Waals surface area contributed by atoms with Gasteiger partial charge in [-0.05, 0) is 44.0 Å². The van der Waals surface area contributed by atoms with E-state index in [1.807, 2.05) is 13.8 Å². The minimum Gasteiger partial charge on any atom is -0.326 e. The van der Waals surface area contributed by atoms with Crippen LogP contribution >= 0.6 is 8.25 Å². The number of benzene rings is 1. The molecule has 0 amide bonds. The number of rotatable bonds is 7. The Kier molecular flexibility index (Phi) is 6.84. The lowest BCUT2D eigenvalue weighted by molar-refractivity contribution is 0.101. The first-order valence-corrected chi connectivity index (χ1v) is 11.9. The Morgan fingerprint density at radius 1 is 1.21 bits per heavy atom. The van der Waals surface area contributed by atoms with Gasteiger partial charge in [-0.15, -0.1) is 0 Å². The van der Waals surface area contributed by atoms with Gasteiger partial charge in [-0.2, -0.15) is 0 Å². The molecule has 1 aromatic heterocycles. The fourth-order valence-electron chi connectivity index (χ4n) is 2.85. The Morgan fingerprint density at radius 3 is 2.21 bits per heavy atom. The zero-order chi connectivity index (χ0) is 22.1. The molecule has 1 atom stereocenters. The summed E-state index contributed by atoms with van der Waals surface area (Å²) < 4.78 is 55.2. The number of aromatic nitrogens is 2. The molecule has 0 spiro atoms. The van der Waals surface area contributed by atoms with Crippen molar-refractivity contribution in [3.8, 4) is 11.3 Å². The predicted molar refractivity (Wildman–Crippen MR) is 110 cm³/mol. The number of halogens is 1. The third-order valence-electron chi connectivity index (χ3n) is 4.31. The predicted octanol–water partition coefficient (Wildman–Crippen LogP) is 3.44. The minimum absolute atomic E-state index is 0.0632. The van der Waals surface area contributed by atoms with Gasteiger partial charge in [0, 0.05) is 18.2 Å². The highest BCUT2D eigenvalue weighted by Crippen LogP contribution is 2.42. The summed E-state index contributed by atoms with van der Waals surface area (Å²) in [5.74, 6) is -0.702. The minimum atomic E-state index is -3.64. The third kappa shape index (κ3) is 5.39. The largest absolute Gasteiger partial charge is 0.326 e. The molecular weight excluding hydrogens is 420 g/mol. The van der Waals surface area contributed by atoms with Gasteiger partial charge in [-0.1, -0.05) is 13.8 Å². The van der Waals surface area contributed by atoms with E-state index in [0.717, 1.165) is 10.6 Å². The first-order valence-electron chi connectivity index (χ1n) is 8.78. The molecule has 1 unspecified atom stereocenters. The Balaban J connectivity index is 2.92. The monoisotopic (exact) mass is 445 g/mol. The standard InChI is InChI=1S/C18H25FN3O5PS/c1-11(2)15-14(18(3,4)27-28(23)24)16(12-7-9-13(19)10-8-12)21-17(20-15)22(5)29(6,25)26/h7-11,28H,1-6H3,(H,23,24). The molecule has 0 saturated carbocycles. The summed E-state index contributed by atoms with van der Waals surface area (Å²) in [6, 6.07) is 5.49. The van der Waals surface area contributed by atoms with Gasteiger partial charge >= 0.3 is 8.25 Å². The number of anilines is 1. The molecule has 1 heterocycles. The second-order valence-electron chi connectivity index (χ2n) is 7.40. The summed E-state index contributed by atoms with van der Waals surface area (Å²) in [4.78, 5) is 18.2. The fraction of sp³-hybridized carbons (Fsp3) is 0.444. The molecule has 0 radical (unpaired) electrons. The highest BCUT2D eigenvalue weighted by atomic mass is 32.2. The van der Waals surface area contributed by atoms with E-state index in [9.17, 15) is 22.3 Å². The lowest BCUT2D eigenvalue weighted by Gasteiger charge is -2.30. The van der Waals surface area contributed by atoms with E-state index in [-0.39, 0.29) is 11.9 Å². The van der Waals surface area contributed by atoms with Gasteiger partial charge in [0.2, 0.25) is 16.0 Å². The van der Waals surface area contributed by atoms with Crippen molar-refractivity contribution in [1.29, 1.82) is 0 Å². The second kappa shape index (κ2) is 8.47. The first kappa shape index (κ1) is 23.4. The van der Waals surface area contributed by atoms with Crippen molar-refractivity contribution < 1.29 is 26.8 Å². The molecule has 160 valence electrons. The van der Waals surface area contributed by atoms with Crippen LogP contribution in [0.25, 0.3) is 11.3 Å². The number of nitrogens with zero attached hydrogens (tertiary/aromatic N) is 3. The zero-order valence-corrected chi connectivity index (χ0v) is 18.9. The maximum absolute atomic E-state index is 13.5. The summed E-state index contributed by atoms with van der Waals surface area (Å²) >= 11 is 0. The molecule has 1 aromatic carbocycles. The summed E-state index contributed by atoms with van der Waals surface area (Å²) in [5.41, 5.74) is 0.400. The second-order valence-corrected chi connectivity index (χ2v) is 10.2. The third-order valence-corrected chi connectivity index (χ3v) is 6.16. The quantitative estimate of drug-likeness (QED) is 0.650. The van der Waals surface area contributed by atoms with Crippen LogP contribution in [0, 0.1) is 5.82 Å². The van der Waals surface area contributed by atoms with E-state index in [0.29, 0.717) is 22.5 Å². The normalized spacial score (nSPS) is 13.6. The van der Waals surface area contributed by atoms with Crippen molar-refractivity contribution in [3.63, 3.8) is 0 Å². The van der Waals surface area contributed by atoms with Crippen LogP contribution in [0.5, 0.6) is 0 Å².